The largest absolute Gasteiger partial charge is 0.494 e. The number of carbonyl (C=O) groups excluding carboxylic acids is 3. The molecule has 2 aliphatic rings. The van der Waals surface area contributed by atoms with Crippen LogP contribution in [-0.2, 0) is 14.4 Å². The molecule has 226 valence electrons. The lowest BCUT2D eigenvalue weighted by Crippen LogP contribution is -2.41. The Morgan fingerprint density at radius 2 is 1.62 bits per heavy atom. The molecule has 10 nitrogen and oxygen atoms in total. The van der Waals surface area contributed by atoms with Gasteiger partial charge in [0.2, 0.25) is 11.8 Å². The van der Waals surface area contributed by atoms with Gasteiger partial charge in [0.25, 0.3) is 5.91 Å². The van der Waals surface area contributed by atoms with Gasteiger partial charge < -0.3 is 30.3 Å². The first-order valence-corrected chi connectivity index (χ1v) is 15.1. The van der Waals surface area contributed by atoms with Crippen LogP contribution in [0.25, 0.3) is 0 Å². The van der Waals surface area contributed by atoms with Crippen molar-refractivity contribution in [2.24, 2.45) is 11.7 Å². The number of carbonyl (C=O) groups is 3. The summed E-state index contributed by atoms with van der Waals surface area (Å²) in [5, 5.41) is 3.29. The summed E-state index contributed by atoms with van der Waals surface area (Å²) in [5.41, 5.74) is 6.74. The van der Waals surface area contributed by atoms with E-state index >= 15 is 0 Å². The van der Waals surface area contributed by atoms with Crippen molar-refractivity contribution in [3.63, 3.8) is 0 Å². The van der Waals surface area contributed by atoms with Crippen LogP contribution in [0.15, 0.2) is 48.5 Å². The van der Waals surface area contributed by atoms with Gasteiger partial charge in [-0.2, -0.15) is 0 Å². The Morgan fingerprint density at radius 3 is 2.24 bits per heavy atom. The van der Waals surface area contributed by atoms with Crippen LogP contribution in [0.4, 0.5) is 11.4 Å². The van der Waals surface area contributed by atoms with Crippen molar-refractivity contribution in [3.05, 3.63) is 48.5 Å². The molecule has 2 aromatic carbocycles. The molecule has 0 spiro atoms. The highest BCUT2D eigenvalue weighted by molar-refractivity contribution is 7.80. The average Bonchev–Trinajstić information content (AvgIpc) is 3.21. The third-order valence-electron chi connectivity index (χ3n) is 7.58. The molecular formula is C31H41N5O5S. The first-order chi connectivity index (χ1) is 20.3. The van der Waals surface area contributed by atoms with Crippen molar-refractivity contribution in [1.29, 1.82) is 0 Å². The number of likely N-dealkylation sites (tertiary alicyclic amines) is 1. The lowest BCUT2D eigenvalue weighted by molar-refractivity contribution is -0.124. The summed E-state index contributed by atoms with van der Waals surface area (Å²) in [4.78, 5) is 44.1. The van der Waals surface area contributed by atoms with Gasteiger partial charge in [0.1, 0.15) is 17.5 Å². The molecule has 3 amide bonds. The molecule has 0 unspecified atom stereocenters. The van der Waals surface area contributed by atoms with Gasteiger partial charge in [-0.1, -0.05) is 6.92 Å². The Hall–Kier alpha value is -3.70. The van der Waals surface area contributed by atoms with E-state index in [0.29, 0.717) is 42.0 Å². The number of benzene rings is 2. The fraction of sp³-hybridized carbons (Fsp3) is 0.484. The number of ether oxygens (including phenoxy) is 2. The van der Waals surface area contributed by atoms with Gasteiger partial charge in [-0.3, -0.25) is 19.3 Å². The fourth-order valence-electron chi connectivity index (χ4n) is 5.33. The molecule has 0 aromatic heterocycles. The molecule has 0 bridgehead atoms. The monoisotopic (exact) mass is 595 g/mol. The number of hydrogen-bond acceptors (Lipinski definition) is 7. The predicted molar refractivity (Wildman–Crippen MR) is 167 cm³/mol. The summed E-state index contributed by atoms with van der Waals surface area (Å²) in [5.74, 6) is 0.651. The molecule has 2 heterocycles. The van der Waals surface area contributed by atoms with Gasteiger partial charge in [-0.15, -0.1) is 0 Å². The Labute approximate surface area is 253 Å². The van der Waals surface area contributed by atoms with Gasteiger partial charge in [0, 0.05) is 18.2 Å². The molecule has 3 N–H and O–H groups in total. The van der Waals surface area contributed by atoms with Gasteiger partial charge in [-0.05, 0) is 113 Å². The van der Waals surface area contributed by atoms with Gasteiger partial charge in [-0.25, -0.2) is 0 Å². The minimum Gasteiger partial charge on any atom is -0.494 e. The summed E-state index contributed by atoms with van der Waals surface area (Å²) >= 11 is 5.82. The number of amides is 3. The van der Waals surface area contributed by atoms with Crippen LogP contribution >= 0.6 is 12.2 Å². The summed E-state index contributed by atoms with van der Waals surface area (Å²) in [6.07, 6.45) is 3.15. The first-order valence-electron chi connectivity index (χ1n) is 14.7. The quantitative estimate of drug-likeness (QED) is 0.317. The van der Waals surface area contributed by atoms with E-state index < -0.39 is 6.04 Å². The normalized spacial score (nSPS) is 17.9. The molecule has 1 atom stereocenters. The molecule has 2 aromatic rings. The number of piperidine rings is 1. The average molecular weight is 596 g/mol. The van der Waals surface area contributed by atoms with Crippen LogP contribution in [0.3, 0.4) is 0 Å². The molecule has 2 aliphatic heterocycles. The maximum atomic E-state index is 13.7. The van der Waals surface area contributed by atoms with E-state index in [2.05, 4.69) is 10.2 Å². The number of rotatable bonds is 14. The predicted octanol–water partition coefficient (Wildman–Crippen LogP) is 3.79. The molecule has 0 aliphatic carbocycles. The van der Waals surface area contributed by atoms with Crippen LogP contribution in [0.5, 0.6) is 11.5 Å². The van der Waals surface area contributed by atoms with E-state index in [4.69, 9.17) is 27.4 Å². The summed E-state index contributed by atoms with van der Waals surface area (Å²) in [6, 6.07) is 13.7. The molecular weight excluding hydrogens is 554 g/mol. The molecule has 2 fully saturated rings. The number of nitrogens with two attached hydrogens (primary N) is 1. The number of anilines is 2. The summed E-state index contributed by atoms with van der Waals surface area (Å²) in [6.45, 7) is 8.06. The van der Waals surface area contributed by atoms with Gasteiger partial charge >= 0.3 is 0 Å². The smallest absolute Gasteiger partial charge is 0.256 e. The van der Waals surface area contributed by atoms with Crippen LogP contribution in [0.1, 0.15) is 46.0 Å². The molecule has 11 heteroatoms. The van der Waals surface area contributed by atoms with Crippen molar-refractivity contribution in [2.75, 3.05) is 49.6 Å². The van der Waals surface area contributed by atoms with Crippen molar-refractivity contribution in [1.82, 2.24) is 9.80 Å². The van der Waals surface area contributed by atoms with E-state index in [1.807, 2.05) is 43.0 Å². The summed E-state index contributed by atoms with van der Waals surface area (Å²) in [7, 11) is 0. The first kappa shape index (κ1) is 31.2. The lowest BCUT2D eigenvalue weighted by Gasteiger charge is -2.31. The number of nitrogens with one attached hydrogen (secondary N) is 1. The highest BCUT2D eigenvalue weighted by Gasteiger charge is 2.44. The zero-order valence-electron chi connectivity index (χ0n) is 24.4. The van der Waals surface area contributed by atoms with Crippen molar-refractivity contribution < 1.29 is 23.9 Å². The second kappa shape index (κ2) is 15.0. The fourth-order valence-corrected chi connectivity index (χ4v) is 5.74. The lowest BCUT2D eigenvalue weighted by atomic mass is 9.96. The van der Waals surface area contributed by atoms with Crippen LogP contribution < -0.4 is 25.4 Å². The van der Waals surface area contributed by atoms with E-state index in [1.54, 1.807) is 24.3 Å². The molecule has 0 radical (unpaired) electrons. The standard InChI is InChI=1S/C31H41N5O5S/c1-3-20-41-26-10-6-23(7-11-26)33-28(37)21-27-30(39)36(24-8-12-25(13-9-24)40-4-2)31(42)35(27)17-5-16-34-18-14-22(15-19-34)29(32)38/h6-13,22,27H,3-5,14-21H2,1-2H3,(H2,32,38)(H,33,37)/t27-/m0/s1. The maximum Gasteiger partial charge on any atom is 0.256 e. The topological polar surface area (TPSA) is 117 Å². The Balaban J connectivity index is 1.43. The van der Waals surface area contributed by atoms with Crippen LogP contribution in [-0.4, -0.2) is 78.1 Å². The minimum absolute atomic E-state index is 0.0371. The van der Waals surface area contributed by atoms with Crippen molar-refractivity contribution >= 4 is 46.4 Å². The number of primary amides is 1. The Morgan fingerprint density at radius 1 is 0.976 bits per heavy atom. The van der Waals surface area contributed by atoms with E-state index in [1.165, 1.54) is 4.90 Å². The van der Waals surface area contributed by atoms with Crippen LogP contribution in [0, 0.1) is 5.92 Å². The highest BCUT2D eigenvalue weighted by Crippen LogP contribution is 2.29. The van der Waals surface area contributed by atoms with E-state index in [0.717, 1.165) is 51.1 Å². The minimum atomic E-state index is -0.725. The Kier molecular flexibility index (Phi) is 11.1. The molecule has 2 saturated heterocycles. The van der Waals surface area contributed by atoms with Gasteiger partial charge in [0.15, 0.2) is 5.11 Å². The number of thiocarbonyl (C=S) groups is 1. The van der Waals surface area contributed by atoms with E-state index in [9.17, 15) is 14.4 Å². The highest BCUT2D eigenvalue weighted by atomic mass is 32.1. The molecule has 0 saturated carbocycles. The van der Waals surface area contributed by atoms with Crippen molar-refractivity contribution in [2.45, 2.75) is 52.0 Å². The zero-order valence-corrected chi connectivity index (χ0v) is 25.2. The van der Waals surface area contributed by atoms with Crippen LogP contribution in [0.2, 0.25) is 0 Å². The van der Waals surface area contributed by atoms with Gasteiger partial charge in [0.05, 0.1) is 25.3 Å². The number of nitrogens with zero attached hydrogens (tertiary/aromatic N) is 3. The third kappa shape index (κ3) is 7.98. The van der Waals surface area contributed by atoms with E-state index in [-0.39, 0.29) is 30.1 Å². The molecule has 42 heavy (non-hydrogen) atoms. The number of hydrogen-bond donors (Lipinski definition) is 2. The summed E-state index contributed by atoms with van der Waals surface area (Å²) < 4.78 is 11.2. The maximum absolute atomic E-state index is 13.7. The SMILES string of the molecule is CCCOc1ccc(NC(=O)C[C@H]2C(=O)N(c3ccc(OCC)cc3)C(=S)N2CCCN2CCC(C(N)=O)CC2)cc1. The molecule has 4 rings (SSSR count). The second-order valence-electron chi connectivity index (χ2n) is 10.6. The second-order valence-corrected chi connectivity index (χ2v) is 11.0. The Bertz CT molecular complexity index is 1230. The third-order valence-corrected chi connectivity index (χ3v) is 7.99. The zero-order chi connectivity index (χ0) is 30.1. The van der Waals surface area contributed by atoms with Crippen molar-refractivity contribution in [3.8, 4) is 11.5 Å².